The van der Waals surface area contributed by atoms with Crippen molar-refractivity contribution in [1.82, 2.24) is 14.6 Å². The molecule has 1 aliphatic rings. The summed E-state index contributed by atoms with van der Waals surface area (Å²) in [5, 5.41) is 5.05. The van der Waals surface area contributed by atoms with Crippen LogP contribution in [0, 0.1) is 0 Å². The predicted molar refractivity (Wildman–Crippen MR) is 149 cm³/mol. The molecule has 1 amide bonds. The molecule has 4 rings (SSSR count). The average Bonchev–Trinajstić information content (AvgIpc) is 2.91. The van der Waals surface area contributed by atoms with Gasteiger partial charge >= 0.3 is 0 Å². The van der Waals surface area contributed by atoms with Gasteiger partial charge in [-0.2, -0.15) is 9.78 Å². The van der Waals surface area contributed by atoms with Crippen LogP contribution in [0.2, 0.25) is 0 Å². The Balaban J connectivity index is 1.70. The molecule has 0 unspecified atom stereocenters. The molecular formula is C27H32BrN5O4. The summed E-state index contributed by atoms with van der Waals surface area (Å²) < 4.78 is 13.5. The highest BCUT2D eigenvalue weighted by Crippen LogP contribution is 2.25. The summed E-state index contributed by atoms with van der Waals surface area (Å²) in [6.07, 6.45) is 2.40. The highest BCUT2D eigenvalue weighted by atomic mass is 79.9. The Bertz CT molecular complexity index is 1360. The Labute approximate surface area is 224 Å². The molecular weight excluding hydrogens is 538 g/mol. The first kappa shape index (κ1) is 26.8. The Kier molecular flexibility index (Phi) is 8.60. The van der Waals surface area contributed by atoms with Crippen LogP contribution in [0.5, 0.6) is 5.75 Å². The van der Waals surface area contributed by atoms with E-state index in [1.807, 2.05) is 63.2 Å². The molecule has 1 aliphatic heterocycles. The highest BCUT2D eigenvalue weighted by molar-refractivity contribution is 9.10. The molecule has 196 valence electrons. The Morgan fingerprint density at radius 2 is 2.00 bits per heavy atom. The second-order valence-corrected chi connectivity index (χ2v) is 10.1. The van der Waals surface area contributed by atoms with Crippen LogP contribution in [0.25, 0.3) is 10.9 Å². The molecule has 1 saturated heterocycles. The van der Waals surface area contributed by atoms with Crippen molar-refractivity contribution in [2.45, 2.75) is 26.2 Å². The normalized spacial score (nSPS) is 14.8. The molecule has 2 aromatic carbocycles. The summed E-state index contributed by atoms with van der Waals surface area (Å²) in [6, 6.07) is 11.1. The van der Waals surface area contributed by atoms with E-state index in [9.17, 15) is 9.59 Å². The van der Waals surface area contributed by atoms with E-state index in [0.29, 0.717) is 54.3 Å². The number of morpholine rings is 1. The lowest BCUT2D eigenvalue weighted by atomic mass is 10.1. The summed E-state index contributed by atoms with van der Waals surface area (Å²) in [5.74, 6) is 1.02. The zero-order chi connectivity index (χ0) is 26.5. The molecule has 9 nitrogen and oxygen atoms in total. The lowest BCUT2D eigenvalue weighted by molar-refractivity contribution is -0.137. The lowest BCUT2D eigenvalue weighted by Crippen LogP contribution is -2.43. The second-order valence-electron chi connectivity index (χ2n) is 9.20. The number of halogens is 1. The third kappa shape index (κ3) is 6.19. The van der Waals surface area contributed by atoms with Crippen molar-refractivity contribution in [3.8, 4) is 5.75 Å². The van der Waals surface area contributed by atoms with Crippen LogP contribution in [0.15, 0.2) is 50.8 Å². The molecule has 1 fully saturated rings. The molecule has 0 N–H and O–H groups in total. The van der Waals surface area contributed by atoms with Gasteiger partial charge in [-0.05, 0) is 36.8 Å². The fourth-order valence-corrected chi connectivity index (χ4v) is 4.34. The van der Waals surface area contributed by atoms with Crippen LogP contribution >= 0.6 is 15.9 Å². The average molecular weight is 570 g/mol. The van der Waals surface area contributed by atoms with E-state index in [1.54, 1.807) is 17.2 Å². The first-order valence-corrected chi connectivity index (χ1v) is 13.1. The summed E-state index contributed by atoms with van der Waals surface area (Å²) in [7, 11) is 3.87. The number of rotatable bonds is 8. The number of fused-ring (bicyclic) bond motifs is 1. The molecule has 0 radical (unpaired) electrons. The number of carbonyl (C=O) groups is 1. The van der Waals surface area contributed by atoms with E-state index in [4.69, 9.17) is 14.5 Å². The van der Waals surface area contributed by atoms with E-state index in [2.05, 4.69) is 21.0 Å². The van der Waals surface area contributed by atoms with Crippen molar-refractivity contribution in [3.63, 3.8) is 0 Å². The van der Waals surface area contributed by atoms with Gasteiger partial charge in [0, 0.05) is 54.9 Å². The van der Waals surface area contributed by atoms with Gasteiger partial charge in [-0.25, -0.2) is 4.98 Å². The molecule has 0 saturated carbocycles. The number of hydrogen-bond acceptors (Lipinski definition) is 7. The maximum absolute atomic E-state index is 13.5. The zero-order valence-corrected chi connectivity index (χ0v) is 23.2. The van der Waals surface area contributed by atoms with Crippen molar-refractivity contribution < 1.29 is 14.3 Å². The number of carbonyl (C=O) groups excluding carboxylic acids is 1. The minimum Gasteiger partial charge on any atom is -0.483 e. The molecule has 0 aliphatic carbocycles. The SMILES string of the molecule is CC[C@H](C)c1nc2ccc(Br)cc2c(=O)n1N=Cc1ccc(N(C)C)cc1OCC(=O)N1CCOCC1. The van der Waals surface area contributed by atoms with Crippen LogP contribution < -0.4 is 15.2 Å². The quantitative estimate of drug-likeness (QED) is 0.383. The van der Waals surface area contributed by atoms with Gasteiger partial charge in [0.1, 0.15) is 11.6 Å². The number of amides is 1. The highest BCUT2D eigenvalue weighted by Gasteiger charge is 2.19. The number of ether oxygens (including phenoxy) is 2. The molecule has 3 aromatic rings. The van der Waals surface area contributed by atoms with E-state index in [0.717, 1.165) is 16.6 Å². The van der Waals surface area contributed by atoms with E-state index in [-0.39, 0.29) is 24.0 Å². The number of benzene rings is 2. The van der Waals surface area contributed by atoms with Crippen molar-refractivity contribution in [3.05, 3.63) is 62.6 Å². The topological polar surface area (TPSA) is 89.3 Å². The van der Waals surface area contributed by atoms with Gasteiger partial charge in [0.2, 0.25) is 0 Å². The third-order valence-electron chi connectivity index (χ3n) is 6.43. The van der Waals surface area contributed by atoms with Gasteiger partial charge in [-0.1, -0.05) is 29.8 Å². The third-order valence-corrected chi connectivity index (χ3v) is 6.92. The number of nitrogens with zero attached hydrogens (tertiary/aromatic N) is 5. The molecule has 10 heteroatoms. The Morgan fingerprint density at radius 1 is 1.24 bits per heavy atom. The summed E-state index contributed by atoms with van der Waals surface area (Å²) in [5.41, 5.74) is 1.96. The fraction of sp³-hybridized carbons (Fsp3) is 0.407. The van der Waals surface area contributed by atoms with Crippen LogP contribution in [0.4, 0.5) is 5.69 Å². The summed E-state index contributed by atoms with van der Waals surface area (Å²) in [4.78, 5) is 34.6. The first-order chi connectivity index (χ1) is 17.8. The minimum absolute atomic E-state index is 0.0240. The minimum atomic E-state index is -0.243. The van der Waals surface area contributed by atoms with Crippen molar-refractivity contribution in [2.75, 3.05) is 51.9 Å². The van der Waals surface area contributed by atoms with E-state index >= 15 is 0 Å². The van der Waals surface area contributed by atoms with Crippen molar-refractivity contribution in [1.29, 1.82) is 0 Å². The van der Waals surface area contributed by atoms with Crippen LogP contribution in [0.3, 0.4) is 0 Å². The Hall–Kier alpha value is -3.24. The summed E-state index contributed by atoms with van der Waals surface area (Å²) in [6.45, 7) is 6.15. The number of hydrogen-bond donors (Lipinski definition) is 0. The first-order valence-electron chi connectivity index (χ1n) is 12.3. The lowest BCUT2D eigenvalue weighted by Gasteiger charge is -2.27. The van der Waals surface area contributed by atoms with Gasteiger partial charge in [0.05, 0.1) is 30.3 Å². The van der Waals surface area contributed by atoms with E-state index in [1.165, 1.54) is 4.68 Å². The standard InChI is InChI=1S/C27H32BrN5O4/c1-5-18(2)26-30-23-9-7-20(28)14-22(23)27(35)33(26)29-16-19-6-8-21(31(3)4)15-24(19)37-17-25(34)32-10-12-36-13-11-32/h6-9,14-16,18H,5,10-13,17H2,1-4H3/t18-/m0/s1. The van der Waals surface area contributed by atoms with Crippen LogP contribution in [-0.4, -0.2) is 73.7 Å². The van der Waals surface area contributed by atoms with Gasteiger partial charge < -0.3 is 19.3 Å². The monoisotopic (exact) mass is 569 g/mol. The molecule has 2 heterocycles. The molecule has 1 aromatic heterocycles. The van der Waals surface area contributed by atoms with Gasteiger partial charge in [0.25, 0.3) is 11.5 Å². The maximum atomic E-state index is 13.5. The molecule has 1 atom stereocenters. The molecule has 0 spiro atoms. The molecule has 0 bridgehead atoms. The summed E-state index contributed by atoms with van der Waals surface area (Å²) >= 11 is 3.44. The van der Waals surface area contributed by atoms with Crippen LogP contribution in [0.1, 0.15) is 37.6 Å². The Morgan fingerprint density at radius 3 is 2.70 bits per heavy atom. The van der Waals surface area contributed by atoms with Gasteiger partial charge in [-0.15, -0.1) is 0 Å². The van der Waals surface area contributed by atoms with Crippen molar-refractivity contribution >= 4 is 44.6 Å². The maximum Gasteiger partial charge on any atom is 0.282 e. The van der Waals surface area contributed by atoms with Gasteiger partial charge in [0.15, 0.2) is 6.61 Å². The number of aromatic nitrogens is 2. The fourth-order valence-electron chi connectivity index (χ4n) is 3.98. The smallest absolute Gasteiger partial charge is 0.282 e. The predicted octanol–water partition coefficient (Wildman–Crippen LogP) is 3.86. The van der Waals surface area contributed by atoms with Crippen molar-refractivity contribution in [2.24, 2.45) is 5.10 Å². The molecule has 37 heavy (non-hydrogen) atoms. The second kappa shape index (κ2) is 11.9. The van der Waals surface area contributed by atoms with Gasteiger partial charge in [-0.3, -0.25) is 9.59 Å². The largest absolute Gasteiger partial charge is 0.483 e. The number of anilines is 1. The zero-order valence-electron chi connectivity index (χ0n) is 21.6. The van der Waals surface area contributed by atoms with Crippen LogP contribution in [-0.2, 0) is 9.53 Å². The van der Waals surface area contributed by atoms with E-state index < -0.39 is 0 Å².